The molecule has 0 radical (unpaired) electrons. The third-order valence-corrected chi connectivity index (χ3v) is 21.6. The molecule has 7 atom stereocenters. The Labute approximate surface area is 805 Å². The molecule has 0 aromatic carbocycles. The summed E-state index contributed by atoms with van der Waals surface area (Å²) in [7, 11) is 0. The van der Waals surface area contributed by atoms with Gasteiger partial charge in [0.1, 0.15) is 13.2 Å². The first kappa shape index (κ1) is 161. The van der Waals surface area contributed by atoms with Crippen LogP contribution in [0.1, 0.15) is 464 Å². The second-order valence-corrected chi connectivity index (χ2v) is 33.4. The molecule has 0 saturated carbocycles. The molecule has 0 spiro atoms. The van der Waals surface area contributed by atoms with Gasteiger partial charge in [0.05, 0.1) is 72.2 Å². The molecule has 18 N–H and O–H groups in total. The summed E-state index contributed by atoms with van der Waals surface area (Å²) in [6.07, 6.45) is 57.7. The Morgan fingerprint density at radius 3 is 0.798 bits per heavy atom. The standard InChI is InChI=1S/C22H43NO4.C15H30O2.C14H30N2O2.C14H29NO2.2C11H23NO2.C11H22O2.9CH3/c1-4-7-9-11-14-20(24)26-18-22(6-3,16-8-5-2)19-27-21(25)15-12-10-13-17-23;1-3-5-7-9-10-12-14-17-15(16)13-11-8-6-4-2;1-3-5-8-12(4-2)11-18-14(17)13(16)9-6-7-10-15;1-3-5-9-13(4-2)12-17-14(16)10-7-6-8-11-15;1-4-6-7-10(5-2)8-14-11(13)9(3)12;1-3-5-6-10(4-2)9-14-11(13)7-8-12;1-3-5-7-8-9-11(12)13-10-6-4-2;;;;;;;;;/h4-19,23H2,1-3H3;3-14H2,1-2H3;12-13H,3-11,15-16H2,1-2H3;13H,3-12,15H2,1-2H3;9-10H,4-8,12H2,1-3H3;10H,3-9,12H2,1-2H3;3-10H2,1-2H3;9*1H3/q;;;;;;;9*-1/p+6. The fraction of sp³-hybridized carbons (Fsp3) is 0.841. The van der Waals surface area contributed by atoms with Gasteiger partial charge in [-0.2, -0.15) is 0 Å². The van der Waals surface area contributed by atoms with E-state index in [1.165, 1.54) is 122 Å². The first-order valence-electron chi connectivity index (χ1n) is 50.0. The first-order chi connectivity index (χ1) is 57.9. The number of hydrogen-bond donors (Lipinski definition) is 6. The van der Waals surface area contributed by atoms with Crippen LogP contribution in [0.4, 0.5) is 0 Å². The molecular weight excluding hydrogens is 1630 g/mol. The molecule has 790 valence electrons. The SMILES string of the molecule is CCCCC(CC)COC(=O)C(C)[NH3+].CCCCC(CC)COC(=O)C([NH3+])CCCC[NH3+].CCCCC(CC)COC(=O)CCCCC[NH3+].CCCCC(CC)COC(=O)CC[NH3+].CCCCCCC(=O)OCC(CC)(CCCC)COC(=O)CCCCC[NH3+].CCCCCCC(=O)OCCCC.CCCCCCCCOC(=O)CCCCCC.[CH3-].[CH3-].[CH3-].[CH3-].[CH3-].[CH3-].[CH3-].[CH3-].[CH3-]. The van der Waals surface area contributed by atoms with E-state index in [9.17, 15) is 38.4 Å². The van der Waals surface area contributed by atoms with Gasteiger partial charge in [0, 0.05) is 43.9 Å². The highest BCUT2D eigenvalue weighted by atomic mass is 16.6. The van der Waals surface area contributed by atoms with Crippen molar-refractivity contribution in [1.29, 1.82) is 0 Å². The molecule has 0 heterocycles. The predicted octanol–water partition coefficient (Wildman–Crippen LogP) is 22.7. The Balaban J connectivity index is -0.0000000826. The highest BCUT2D eigenvalue weighted by Crippen LogP contribution is 2.31. The van der Waals surface area contributed by atoms with Crippen LogP contribution in [0.5, 0.6) is 0 Å². The molecule has 0 rings (SSSR count). The van der Waals surface area contributed by atoms with E-state index in [-0.39, 0.29) is 132 Å². The molecule has 0 bridgehead atoms. The van der Waals surface area contributed by atoms with Crippen molar-refractivity contribution in [3.8, 4) is 0 Å². The molecule has 0 aromatic rings. The zero-order valence-corrected chi connectivity index (χ0v) is 91.1. The quantitative estimate of drug-likeness (QED) is 0.0143. The predicted molar refractivity (Wildman–Crippen MR) is 551 cm³/mol. The summed E-state index contributed by atoms with van der Waals surface area (Å²) >= 11 is 0. The van der Waals surface area contributed by atoms with Crippen LogP contribution in [-0.2, 0) is 76.3 Å². The summed E-state index contributed by atoms with van der Waals surface area (Å²) in [5.41, 5.74) is 22.3. The van der Waals surface area contributed by atoms with Gasteiger partial charge in [0.25, 0.3) is 0 Å². The van der Waals surface area contributed by atoms with Gasteiger partial charge >= 0.3 is 47.8 Å². The highest BCUT2D eigenvalue weighted by Gasteiger charge is 2.32. The molecule has 0 saturated heterocycles. The summed E-state index contributed by atoms with van der Waals surface area (Å²) < 4.78 is 42.4. The minimum atomic E-state index is -0.252. The summed E-state index contributed by atoms with van der Waals surface area (Å²) in [5, 5.41) is 0. The molecule has 22 heteroatoms. The van der Waals surface area contributed by atoms with Crippen LogP contribution in [0.15, 0.2) is 0 Å². The average molecular weight is 1860 g/mol. The normalized spacial score (nSPS) is 11.7. The molecular formula is C107H233N6O16-3. The van der Waals surface area contributed by atoms with E-state index >= 15 is 0 Å². The third kappa shape index (κ3) is 128. The van der Waals surface area contributed by atoms with Crippen LogP contribution < -0.4 is 34.4 Å². The first-order valence-corrected chi connectivity index (χ1v) is 50.0. The van der Waals surface area contributed by atoms with E-state index in [4.69, 9.17) is 37.9 Å². The average Bonchev–Trinajstić information content (AvgIpc) is 0.867. The number of rotatable bonds is 75. The second-order valence-electron chi connectivity index (χ2n) is 33.4. The van der Waals surface area contributed by atoms with E-state index in [2.05, 4.69) is 138 Å². The van der Waals surface area contributed by atoms with Gasteiger partial charge in [-0.05, 0) is 153 Å². The second kappa shape index (κ2) is 132. The number of carbonyl (C=O) groups is 8. The molecule has 0 aromatic heterocycles. The topological polar surface area (TPSA) is 376 Å². The Bertz CT molecular complexity index is 2160. The van der Waals surface area contributed by atoms with Crippen molar-refractivity contribution in [2.75, 3.05) is 79.0 Å². The number of carbonyl (C=O) groups excluding carboxylic acids is 8. The minimum Gasteiger partial charge on any atom is -0.466 e. The van der Waals surface area contributed by atoms with Crippen LogP contribution in [0.3, 0.4) is 0 Å². The van der Waals surface area contributed by atoms with Crippen molar-refractivity contribution in [3.05, 3.63) is 66.8 Å². The van der Waals surface area contributed by atoms with Crippen LogP contribution in [0.25, 0.3) is 0 Å². The van der Waals surface area contributed by atoms with Crippen molar-refractivity contribution >= 4 is 47.8 Å². The fourth-order valence-corrected chi connectivity index (χ4v) is 12.3. The zero-order valence-electron chi connectivity index (χ0n) is 91.1. The number of hydrogen-bond acceptors (Lipinski definition) is 16. The van der Waals surface area contributed by atoms with E-state index in [1.54, 1.807) is 6.92 Å². The van der Waals surface area contributed by atoms with Crippen molar-refractivity contribution < 1.29 is 111 Å². The lowest BCUT2D eigenvalue weighted by Gasteiger charge is -2.31. The van der Waals surface area contributed by atoms with Crippen LogP contribution in [0.2, 0.25) is 0 Å². The highest BCUT2D eigenvalue weighted by molar-refractivity contribution is 5.74. The lowest BCUT2D eigenvalue weighted by Crippen LogP contribution is -2.65. The zero-order chi connectivity index (χ0) is 91.6. The monoisotopic (exact) mass is 1860 g/mol. The van der Waals surface area contributed by atoms with Crippen LogP contribution >= 0.6 is 0 Å². The lowest BCUT2D eigenvalue weighted by molar-refractivity contribution is -0.410. The molecule has 0 amide bonds. The van der Waals surface area contributed by atoms with Crippen LogP contribution in [-0.4, -0.2) is 139 Å². The molecule has 0 aliphatic heterocycles. The number of quaternary nitrogens is 6. The molecule has 0 aliphatic rings. The van der Waals surface area contributed by atoms with E-state index in [1.807, 2.05) is 0 Å². The number of unbranched alkanes of at least 4 members (excludes halogenated alkanes) is 25. The summed E-state index contributed by atoms with van der Waals surface area (Å²) in [6.45, 7) is 41.9. The van der Waals surface area contributed by atoms with Crippen molar-refractivity contribution in [2.45, 2.75) is 476 Å². The summed E-state index contributed by atoms with van der Waals surface area (Å²) in [4.78, 5) is 91.9. The van der Waals surface area contributed by atoms with Crippen molar-refractivity contribution in [2.24, 2.45) is 29.1 Å². The Kier molecular flexibility index (Phi) is 165. The molecule has 129 heavy (non-hydrogen) atoms. The van der Waals surface area contributed by atoms with Gasteiger partial charge in [-0.1, -0.05) is 290 Å². The molecule has 0 aliphatic carbocycles. The van der Waals surface area contributed by atoms with Crippen LogP contribution in [0, 0.1) is 95.9 Å². The minimum absolute atomic E-state index is 0. The maximum atomic E-state index is 12.0. The smallest absolute Gasteiger partial charge is 0.364 e. The van der Waals surface area contributed by atoms with E-state index in [0.717, 1.165) is 212 Å². The van der Waals surface area contributed by atoms with Gasteiger partial charge in [-0.3, -0.25) is 28.8 Å². The molecule has 22 nitrogen and oxygen atoms in total. The Morgan fingerprint density at radius 1 is 0.248 bits per heavy atom. The van der Waals surface area contributed by atoms with E-state index < -0.39 is 0 Å². The Morgan fingerprint density at radius 2 is 0.504 bits per heavy atom. The van der Waals surface area contributed by atoms with Gasteiger partial charge in [-0.25, -0.2) is 9.59 Å². The van der Waals surface area contributed by atoms with Gasteiger partial charge in [-0.15, -0.1) is 0 Å². The fourth-order valence-electron chi connectivity index (χ4n) is 12.3. The van der Waals surface area contributed by atoms with Crippen molar-refractivity contribution in [3.63, 3.8) is 0 Å². The molecule has 7 unspecified atom stereocenters. The molecule has 0 fully saturated rings. The van der Waals surface area contributed by atoms with Crippen molar-refractivity contribution in [1.82, 2.24) is 0 Å². The lowest BCUT2D eigenvalue weighted by atomic mass is 9.81. The number of ether oxygens (including phenoxy) is 8. The third-order valence-electron chi connectivity index (χ3n) is 21.6. The largest absolute Gasteiger partial charge is 0.466 e. The number of esters is 8. The maximum absolute atomic E-state index is 12.0. The van der Waals surface area contributed by atoms with Gasteiger partial charge < -0.3 is 139 Å². The summed E-state index contributed by atoms with van der Waals surface area (Å²) in [5.74, 6) is 1.41. The Hall–Kier alpha value is -4.48. The van der Waals surface area contributed by atoms with E-state index in [0.29, 0.717) is 122 Å². The maximum Gasteiger partial charge on any atom is 0.364 e. The van der Waals surface area contributed by atoms with Gasteiger partial charge in [0.15, 0.2) is 12.1 Å². The summed E-state index contributed by atoms with van der Waals surface area (Å²) in [6, 6.07) is -0.459. The van der Waals surface area contributed by atoms with Gasteiger partial charge in [0.2, 0.25) is 0 Å².